The fraction of sp³-hybridized carbons (Fsp3) is 0.967. The van der Waals surface area contributed by atoms with Gasteiger partial charge in [0.2, 0.25) is 0 Å². The first-order valence-corrected chi connectivity index (χ1v) is 14.9. The summed E-state index contributed by atoms with van der Waals surface area (Å²) in [6.45, 7) is 18.6. The summed E-state index contributed by atoms with van der Waals surface area (Å²) in [7, 11) is 0. The van der Waals surface area contributed by atoms with E-state index in [1.54, 1.807) is 0 Å². The zero-order valence-electron chi connectivity index (χ0n) is 22.2. The lowest BCUT2D eigenvalue weighted by Gasteiger charge is -2.73. The van der Waals surface area contributed by atoms with Gasteiger partial charge in [0.05, 0.1) is 17.5 Å². The van der Waals surface area contributed by atoms with Crippen LogP contribution in [0.2, 0.25) is 0 Å². The van der Waals surface area contributed by atoms with Gasteiger partial charge in [0.15, 0.2) is 0 Å². The number of hydrogen-bond donors (Lipinski definition) is 0. The van der Waals surface area contributed by atoms with Crippen molar-refractivity contribution in [2.75, 3.05) is 6.61 Å². The summed E-state index contributed by atoms with van der Waals surface area (Å²) >= 11 is 3.83. The third kappa shape index (κ3) is 2.63. The fourth-order valence-electron chi connectivity index (χ4n) is 11.9. The second-order valence-corrected chi connectivity index (χ2v) is 16.5. The van der Waals surface area contributed by atoms with Crippen LogP contribution in [0.4, 0.5) is 0 Å². The van der Waals surface area contributed by atoms with Crippen LogP contribution in [0, 0.1) is 56.2 Å². The summed E-state index contributed by atoms with van der Waals surface area (Å²) in [6.07, 6.45) is 12.0. The molecule has 0 aromatic carbocycles. The molecular formula is C30H47BrO2. The second-order valence-electron chi connectivity index (χ2n) is 15.6. The Morgan fingerprint density at radius 3 is 2.24 bits per heavy atom. The molecule has 1 saturated heterocycles. The Labute approximate surface area is 210 Å². The van der Waals surface area contributed by atoms with Crippen LogP contribution in [0.25, 0.3) is 0 Å². The molecule has 0 N–H and O–H groups in total. The Balaban J connectivity index is 1.41. The molecule has 0 radical (unpaired) electrons. The highest BCUT2D eigenvalue weighted by atomic mass is 79.9. The molecule has 6 rings (SSSR count). The van der Waals surface area contributed by atoms with Crippen LogP contribution in [0.15, 0.2) is 0 Å². The second kappa shape index (κ2) is 6.70. The summed E-state index contributed by atoms with van der Waals surface area (Å²) in [5, 5.41) is 0. The molecule has 5 saturated carbocycles. The standard InChI is InChI=1S/C30H47BrO2/c1-25(2)12-14-30-15-13-28(6)18(22(30)24(25)33-17-30)8-9-21-27(5)16-19(32)23(31)26(3,4)20(27)10-11-29(21,28)7/h18,20-24H,8-17H2,1-7H3/t18-,20+,21-,22?,23?,24?,27+,28-,29-,30-/m1/s1. The molecule has 3 heteroatoms. The van der Waals surface area contributed by atoms with Crippen molar-refractivity contribution in [3.8, 4) is 0 Å². The third-order valence-corrected chi connectivity index (χ3v) is 15.5. The van der Waals surface area contributed by atoms with Crippen molar-refractivity contribution >= 4 is 21.7 Å². The van der Waals surface area contributed by atoms with Crippen molar-refractivity contribution in [1.29, 1.82) is 0 Å². The Morgan fingerprint density at radius 1 is 0.818 bits per heavy atom. The van der Waals surface area contributed by atoms with E-state index < -0.39 is 0 Å². The molecule has 33 heavy (non-hydrogen) atoms. The van der Waals surface area contributed by atoms with Crippen molar-refractivity contribution < 1.29 is 9.53 Å². The van der Waals surface area contributed by atoms with Gasteiger partial charge in [0.25, 0.3) is 0 Å². The highest BCUT2D eigenvalue weighted by Gasteiger charge is 2.73. The van der Waals surface area contributed by atoms with Gasteiger partial charge in [-0.3, -0.25) is 4.79 Å². The van der Waals surface area contributed by atoms with Gasteiger partial charge in [-0.05, 0) is 108 Å². The van der Waals surface area contributed by atoms with Gasteiger partial charge >= 0.3 is 0 Å². The normalized spacial score (nSPS) is 58.6. The Kier molecular flexibility index (Phi) is 4.77. The van der Waals surface area contributed by atoms with Gasteiger partial charge in [-0.1, -0.05) is 64.4 Å². The van der Waals surface area contributed by atoms with E-state index >= 15 is 0 Å². The molecule has 5 aliphatic carbocycles. The minimum atomic E-state index is 0.0196. The van der Waals surface area contributed by atoms with E-state index in [1.165, 1.54) is 51.4 Å². The lowest BCUT2D eigenvalue weighted by Crippen LogP contribution is -2.68. The molecule has 2 bridgehead atoms. The third-order valence-electron chi connectivity index (χ3n) is 13.8. The molecule has 0 aromatic heterocycles. The molecular weight excluding hydrogens is 472 g/mol. The maximum absolute atomic E-state index is 13.3. The van der Waals surface area contributed by atoms with Gasteiger partial charge in [-0.25, -0.2) is 0 Å². The minimum Gasteiger partial charge on any atom is -0.377 e. The SMILES string of the molecule is CC1(C)CC[C@]23CC[C@]4(C)[C@H](CC[C@@H]5[C@@]6(C)CC(=O)C(Br)C(C)(C)[C@@H]6CC[C@]54C)C2C1OC3. The molecule has 0 amide bonds. The van der Waals surface area contributed by atoms with Crippen molar-refractivity contribution in [3.05, 3.63) is 0 Å². The Bertz CT molecular complexity index is 879. The topological polar surface area (TPSA) is 26.3 Å². The first-order chi connectivity index (χ1) is 15.2. The highest BCUT2D eigenvalue weighted by molar-refractivity contribution is 9.10. The number of Topliss-reactive ketones (excluding diaryl/α,β-unsaturated/α-hetero) is 1. The van der Waals surface area contributed by atoms with Crippen molar-refractivity contribution in [1.82, 2.24) is 0 Å². The van der Waals surface area contributed by atoms with E-state index in [1.807, 2.05) is 0 Å². The summed E-state index contributed by atoms with van der Waals surface area (Å²) in [5.41, 5.74) is 1.66. The minimum absolute atomic E-state index is 0.0196. The molecule has 1 heterocycles. The average molecular weight is 520 g/mol. The number of carbonyl (C=O) groups is 1. The van der Waals surface area contributed by atoms with E-state index in [-0.39, 0.29) is 15.7 Å². The van der Waals surface area contributed by atoms with Crippen LogP contribution in [0.1, 0.15) is 106 Å². The zero-order valence-corrected chi connectivity index (χ0v) is 23.8. The lowest BCUT2D eigenvalue weighted by molar-refractivity contribution is -0.239. The first kappa shape index (κ1) is 23.5. The molecule has 6 aliphatic rings. The van der Waals surface area contributed by atoms with Crippen molar-refractivity contribution in [2.24, 2.45) is 56.2 Å². The van der Waals surface area contributed by atoms with Crippen LogP contribution >= 0.6 is 15.9 Å². The predicted molar refractivity (Wildman–Crippen MR) is 137 cm³/mol. The number of carbonyl (C=O) groups excluding carboxylic acids is 1. The predicted octanol–water partition coefficient (Wildman–Crippen LogP) is 7.82. The molecule has 2 nitrogen and oxygen atoms in total. The van der Waals surface area contributed by atoms with E-state index in [0.717, 1.165) is 24.9 Å². The van der Waals surface area contributed by atoms with Crippen molar-refractivity contribution in [3.63, 3.8) is 0 Å². The first-order valence-electron chi connectivity index (χ1n) is 14.0. The largest absolute Gasteiger partial charge is 0.377 e. The van der Waals surface area contributed by atoms with Crippen LogP contribution in [0.5, 0.6) is 0 Å². The summed E-state index contributed by atoms with van der Waals surface area (Å²) in [4.78, 5) is 13.3. The number of fused-ring (bicyclic) bond motifs is 5. The van der Waals surface area contributed by atoms with E-state index in [4.69, 9.17) is 4.74 Å². The van der Waals surface area contributed by atoms with E-state index in [0.29, 0.717) is 45.4 Å². The summed E-state index contributed by atoms with van der Waals surface area (Å²) in [6, 6.07) is 0. The number of alkyl halides is 1. The van der Waals surface area contributed by atoms with Gasteiger partial charge in [-0.2, -0.15) is 0 Å². The maximum Gasteiger partial charge on any atom is 0.147 e. The van der Waals surface area contributed by atoms with Crippen LogP contribution in [0.3, 0.4) is 0 Å². The molecule has 0 aromatic rings. The van der Waals surface area contributed by atoms with E-state index in [9.17, 15) is 4.79 Å². The summed E-state index contributed by atoms with van der Waals surface area (Å²) < 4.78 is 6.70. The number of halogens is 1. The Morgan fingerprint density at radius 2 is 1.52 bits per heavy atom. The lowest BCUT2D eigenvalue weighted by atomic mass is 9.31. The quantitative estimate of drug-likeness (QED) is 0.305. The van der Waals surface area contributed by atoms with Gasteiger partial charge in [0.1, 0.15) is 5.78 Å². The summed E-state index contributed by atoms with van der Waals surface area (Å²) in [5.74, 6) is 3.29. The number of ether oxygens (including phenoxy) is 1. The average Bonchev–Trinajstić information content (AvgIpc) is 3.06. The number of ketones is 1. The van der Waals surface area contributed by atoms with Crippen LogP contribution in [-0.4, -0.2) is 23.3 Å². The zero-order chi connectivity index (χ0) is 23.8. The molecule has 186 valence electrons. The smallest absolute Gasteiger partial charge is 0.147 e. The Hall–Kier alpha value is 0.110. The van der Waals surface area contributed by atoms with Gasteiger partial charge in [0, 0.05) is 6.42 Å². The maximum atomic E-state index is 13.3. The number of rotatable bonds is 0. The monoisotopic (exact) mass is 518 g/mol. The van der Waals surface area contributed by atoms with Crippen LogP contribution in [-0.2, 0) is 9.53 Å². The molecule has 1 aliphatic heterocycles. The molecule has 6 fully saturated rings. The van der Waals surface area contributed by atoms with E-state index in [2.05, 4.69) is 64.4 Å². The van der Waals surface area contributed by atoms with Gasteiger partial charge in [-0.15, -0.1) is 0 Å². The molecule has 3 unspecified atom stereocenters. The fourth-order valence-corrected chi connectivity index (χ4v) is 12.3. The number of hydrogen-bond acceptors (Lipinski definition) is 2. The highest BCUT2D eigenvalue weighted by Crippen LogP contribution is 2.78. The molecule has 10 atom stereocenters. The van der Waals surface area contributed by atoms with Crippen molar-refractivity contribution in [2.45, 2.75) is 117 Å². The molecule has 0 spiro atoms. The van der Waals surface area contributed by atoms with Gasteiger partial charge < -0.3 is 4.74 Å². The van der Waals surface area contributed by atoms with Crippen LogP contribution < -0.4 is 0 Å².